The van der Waals surface area contributed by atoms with Crippen LogP contribution in [-0.4, -0.2) is 18.9 Å². The van der Waals surface area contributed by atoms with Gasteiger partial charge in [0.2, 0.25) is 5.91 Å². The lowest BCUT2D eigenvalue weighted by molar-refractivity contribution is -0.133. The van der Waals surface area contributed by atoms with Crippen LogP contribution >= 0.6 is 0 Å². The molecule has 0 bridgehead atoms. The van der Waals surface area contributed by atoms with Crippen molar-refractivity contribution in [1.29, 1.82) is 0 Å². The maximum Gasteiger partial charge on any atom is 0.254 e. The van der Waals surface area contributed by atoms with Gasteiger partial charge in [-0.2, -0.15) is 0 Å². The largest absolute Gasteiger partial charge is 0.497 e. The zero-order valence-electron chi connectivity index (χ0n) is 12.1. The summed E-state index contributed by atoms with van der Waals surface area (Å²) in [5, 5.41) is 2.44. The number of methoxy groups -OCH3 is 1. The molecule has 0 radical (unpaired) electrons. The van der Waals surface area contributed by atoms with Gasteiger partial charge in [0.25, 0.3) is 5.91 Å². The van der Waals surface area contributed by atoms with Gasteiger partial charge in [-0.3, -0.25) is 14.9 Å². The predicted octanol–water partition coefficient (Wildman–Crippen LogP) is 2.38. The van der Waals surface area contributed by atoms with Crippen molar-refractivity contribution in [2.45, 2.75) is 32.1 Å². The number of carbonyl (C=O) groups is 2. The first-order valence-corrected chi connectivity index (χ1v) is 7.31. The molecule has 1 fully saturated rings. The third kappa shape index (κ3) is 2.58. The molecule has 1 N–H and O–H groups in total. The molecule has 1 aliphatic heterocycles. The first-order valence-electron chi connectivity index (χ1n) is 7.31. The molecule has 4 heteroatoms. The molecule has 1 heterocycles. The zero-order chi connectivity index (χ0) is 14.9. The van der Waals surface area contributed by atoms with Crippen LogP contribution in [-0.2, 0) is 16.0 Å². The monoisotopic (exact) mass is 285 g/mol. The number of amides is 2. The third-order valence-corrected chi connectivity index (χ3v) is 4.45. The van der Waals surface area contributed by atoms with E-state index in [2.05, 4.69) is 5.32 Å². The van der Waals surface area contributed by atoms with Gasteiger partial charge >= 0.3 is 0 Å². The standard InChI is InChI=1S/C17H19NO3/c1-21-13-6-4-5-12(9-13)10-17-8-3-2-7-14(17)16(20)18-15(19)11-17/h4-7,9H,2-3,8,10-11H2,1H3,(H,18,19,20). The number of nitrogens with one attached hydrogen (secondary N) is 1. The Morgan fingerprint density at radius 2 is 2.19 bits per heavy atom. The van der Waals surface area contributed by atoms with Crippen LogP contribution < -0.4 is 10.1 Å². The molecule has 110 valence electrons. The Bertz CT molecular complexity index is 620. The van der Waals surface area contributed by atoms with Gasteiger partial charge in [0.1, 0.15) is 5.75 Å². The van der Waals surface area contributed by atoms with E-state index in [9.17, 15) is 9.59 Å². The summed E-state index contributed by atoms with van der Waals surface area (Å²) < 4.78 is 5.26. The lowest BCUT2D eigenvalue weighted by Crippen LogP contribution is -2.48. The number of fused-ring (bicyclic) bond motifs is 1. The first-order chi connectivity index (χ1) is 10.1. The summed E-state index contributed by atoms with van der Waals surface area (Å²) in [6.45, 7) is 0. The second kappa shape index (κ2) is 5.35. The summed E-state index contributed by atoms with van der Waals surface area (Å²) >= 11 is 0. The Labute approximate surface area is 124 Å². The molecule has 1 aromatic carbocycles. The highest BCUT2D eigenvalue weighted by molar-refractivity contribution is 6.08. The Hall–Kier alpha value is -2.10. The molecule has 0 spiro atoms. The Balaban J connectivity index is 1.96. The Kier molecular flexibility index (Phi) is 3.53. The van der Waals surface area contributed by atoms with E-state index in [-0.39, 0.29) is 17.2 Å². The second-order valence-corrected chi connectivity index (χ2v) is 5.87. The van der Waals surface area contributed by atoms with E-state index in [1.54, 1.807) is 7.11 Å². The second-order valence-electron chi connectivity index (χ2n) is 5.87. The van der Waals surface area contributed by atoms with Crippen molar-refractivity contribution in [1.82, 2.24) is 5.32 Å². The first kappa shape index (κ1) is 13.9. The molecule has 3 rings (SSSR count). The van der Waals surface area contributed by atoms with E-state index in [1.165, 1.54) is 0 Å². The quantitative estimate of drug-likeness (QED) is 0.868. The topological polar surface area (TPSA) is 55.4 Å². The number of carbonyl (C=O) groups excluding carboxylic acids is 2. The Morgan fingerprint density at radius 1 is 1.33 bits per heavy atom. The minimum absolute atomic E-state index is 0.165. The fraction of sp³-hybridized carbons (Fsp3) is 0.412. The molecule has 1 atom stereocenters. The number of benzene rings is 1. The van der Waals surface area contributed by atoms with Crippen molar-refractivity contribution in [2.75, 3.05) is 7.11 Å². The summed E-state index contributed by atoms with van der Waals surface area (Å²) in [4.78, 5) is 24.0. The Morgan fingerprint density at radius 3 is 3.00 bits per heavy atom. The van der Waals surface area contributed by atoms with E-state index in [4.69, 9.17) is 4.74 Å². The molecule has 0 saturated carbocycles. The molecule has 2 aliphatic rings. The molecule has 1 aromatic rings. The van der Waals surface area contributed by atoms with Crippen LogP contribution in [0, 0.1) is 5.41 Å². The van der Waals surface area contributed by atoms with Crippen LogP contribution in [0.25, 0.3) is 0 Å². The average molecular weight is 285 g/mol. The predicted molar refractivity (Wildman–Crippen MR) is 78.8 cm³/mol. The maximum absolute atomic E-state index is 12.1. The number of imide groups is 1. The summed E-state index contributed by atoms with van der Waals surface area (Å²) in [5.41, 5.74) is 1.55. The van der Waals surface area contributed by atoms with Crippen LogP contribution in [0.3, 0.4) is 0 Å². The number of hydrogen-bond donors (Lipinski definition) is 1. The fourth-order valence-electron chi connectivity index (χ4n) is 3.52. The number of piperidine rings is 1. The van der Waals surface area contributed by atoms with Crippen LogP contribution in [0.1, 0.15) is 31.2 Å². The maximum atomic E-state index is 12.1. The third-order valence-electron chi connectivity index (χ3n) is 4.45. The lowest BCUT2D eigenvalue weighted by Gasteiger charge is -2.40. The highest BCUT2D eigenvalue weighted by Crippen LogP contribution is 2.45. The average Bonchev–Trinajstić information content (AvgIpc) is 2.46. The summed E-state index contributed by atoms with van der Waals surface area (Å²) in [7, 11) is 1.64. The minimum atomic E-state index is -0.343. The van der Waals surface area contributed by atoms with Crippen LogP contribution in [0.4, 0.5) is 0 Å². The van der Waals surface area contributed by atoms with Crippen molar-refractivity contribution < 1.29 is 14.3 Å². The van der Waals surface area contributed by atoms with Crippen molar-refractivity contribution in [2.24, 2.45) is 5.41 Å². The molecule has 21 heavy (non-hydrogen) atoms. The van der Waals surface area contributed by atoms with Gasteiger partial charge in [0.15, 0.2) is 0 Å². The zero-order valence-corrected chi connectivity index (χ0v) is 12.1. The fourth-order valence-corrected chi connectivity index (χ4v) is 3.52. The number of allylic oxidation sites excluding steroid dienone is 1. The van der Waals surface area contributed by atoms with E-state index >= 15 is 0 Å². The molecule has 1 aliphatic carbocycles. The highest BCUT2D eigenvalue weighted by Gasteiger charge is 2.44. The van der Waals surface area contributed by atoms with Crippen LogP contribution in [0.5, 0.6) is 5.75 Å². The molecular formula is C17H19NO3. The van der Waals surface area contributed by atoms with Gasteiger partial charge in [-0.05, 0) is 43.4 Å². The van der Waals surface area contributed by atoms with Crippen molar-refractivity contribution in [3.63, 3.8) is 0 Å². The molecule has 0 aromatic heterocycles. The molecule has 1 unspecified atom stereocenters. The van der Waals surface area contributed by atoms with Crippen LogP contribution in [0.15, 0.2) is 35.9 Å². The number of rotatable bonds is 3. The van der Waals surface area contributed by atoms with Crippen LogP contribution in [0.2, 0.25) is 0 Å². The molecule has 1 saturated heterocycles. The number of hydrogen-bond acceptors (Lipinski definition) is 3. The van der Waals surface area contributed by atoms with E-state index in [0.717, 1.165) is 36.1 Å². The van der Waals surface area contributed by atoms with Crippen molar-refractivity contribution in [3.05, 3.63) is 41.5 Å². The number of ether oxygens (including phenoxy) is 1. The summed E-state index contributed by atoms with van der Waals surface area (Å²) in [6.07, 6.45) is 5.92. The molecule has 4 nitrogen and oxygen atoms in total. The van der Waals surface area contributed by atoms with Gasteiger partial charge in [-0.15, -0.1) is 0 Å². The minimum Gasteiger partial charge on any atom is -0.497 e. The highest BCUT2D eigenvalue weighted by atomic mass is 16.5. The van der Waals surface area contributed by atoms with Crippen molar-refractivity contribution in [3.8, 4) is 5.75 Å². The van der Waals surface area contributed by atoms with E-state index < -0.39 is 0 Å². The normalized spacial score (nSPS) is 24.9. The van der Waals surface area contributed by atoms with Gasteiger partial charge in [0, 0.05) is 17.4 Å². The van der Waals surface area contributed by atoms with Gasteiger partial charge in [-0.25, -0.2) is 0 Å². The van der Waals surface area contributed by atoms with Crippen molar-refractivity contribution >= 4 is 11.8 Å². The molecule has 2 amide bonds. The summed E-state index contributed by atoms with van der Waals surface area (Å²) in [6, 6.07) is 7.86. The van der Waals surface area contributed by atoms with Gasteiger partial charge < -0.3 is 4.74 Å². The SMILES string of the molecule is COc1cccc(CC23CCCC=C2C(=O)NC(=O)C3)c1. The smallest absolute Gasteiger partial charge is 0.254 e. The van der Waals surface area contributed by atoms with Gasteiger partial charge in [0.05, 0.1) is 7.11 Å². The van der Waals surface area contributed by atoms with E-state index in [0.29, 0.717) is 12.8 Å². The summed E-state index contributed by atoms with van der Waals surface area (Å²) in [5.74, 6) is 0.424. The van der Waals surface area contributed by atoms with Gasteiger partial charge in [-0.1, -0.05) is 18.2 Å². The lowest BCUT2D eigenvalue weighted by atomic mass is 9.65. The van der Waals surface area contributed by atoms with E-state index in [1.807, 2.05) is 30.3 Å². The molecular weight excluding hydrogens is 266 g/mol.